The Bertz CT molecular complexity index is 1590. The number of hydrogen-bond donors (Lipinski definition) is 1. The van der Waals surface area contributed by atoms with Crippen molar-refractivity contribution in [1.29, 1.82) is 0 Å². The van der Waals surface area contributed by atoms with Gasteiger partial charge in [-0.25, -0.2) is 19.2 Å². The van der Waals surface area contributed by atoms with E-state index < -0.39 is 11.9 Å². The van der Waals surface area contributed by atoms with Crippen molar-refractivity contribution in [2.45, 2.75) is 13.8 Å². The summed E-state index contributed by atoms with van der Waals surface area (Å²) in [5.41, 5.74) is 4.84. The lowest BCUT2D eigenvalue weighted by atomic mass is 10.1. The number of halogens is 1. The van der Waals surface area contributed by atoms with Crippen molar-refractivity contribution >= 4 is 22.9 Å². The van der Waals surface area contributed by atoms with Crippen LogP contribution in [0.5, 0.6) is 5.75 Å². The Kier molecular flexibility index (Phi) is 5.80. The summed E-state index contributed by atoms with van der Waals surface area (Å²) in [4.78, 5) is 20.3. The minimum absolute atomic E-state index is 0.133. The molecule has 10 nitrogen and oxygen atoms in total. The average Bonchev–Trinajstić information content (AvgIpc) is 3.49. The monoisotopic (exact) mass is 487 g/mol. The molecule has 182 valence electrons. The standard InChI is InChI=1S/C25H22FN7O3/c1-14-9-16(24-31-30-15(2)33(24)17-5-7-19(26)21(11-17)35-3)10-20-23(14)28-13-32(20)18-6-8-22(27-12-18)29-25(34)36-4/h5-13H,1-4H3,(H,27,29,34). The second kappa shape index (κ2) is 9.10. The molecule has 0 saturated carbocycles. The van der Waals surface area contributed by atoms with E-state index in [1.165, 1.54) is 20.3 Å². The first-order valence-corrected chi connectivity index (χ1v) is 10.9. The van der Waals surface area contributed by atoms with E-state index in [2.05, 4.69) is 30.2 Å². The van der Waals surface area contributed by atoms with Gasteiger partial charge in [-0.05, 0) is 55.8 Å². The molecule has 0 fully saturated rings. The minimum atomic E-state index is -0.596. The molecule has 0 saturated heterocycles. The van der Waals surface area contributed by atoms with E-state index in [-0.39, 0.29) is 5.75 Å². The fraction of sp³-hybridized carbons (Fsp3) is 0.160. The molecule has 3 aromatic heterocycles. The Labute approximate surface area is 205 Å². The number of hydrogen-bond acceptors (Lipinski definition) is 7. The van der Waals surface area contributed by atoms with E-state index in [0.717, 1.165) is 27.8 Å². The molecule has 2 aromatic carbocycles. The zero-order valence-electron chi connectivity index (χ0n) is 20.0. The number of anilines is 1. The lowest BCUT2D eigenvalue weighted by Crippen LogP contribution is -2.12. The number of pyridine rings is 1. The van der Waals surface area contributed by atoms with Gasteiger partial charge < -0.3 is 9.47 Å². The van der Waals surface area contributed by atoms with E-state index in [1.807, 2.05) is 41.2 Å². The molecule has 11 heteroatoms. The van der Waals surface area contributed by atoms with Crippen LogP contribution in [0.15, 0.2) is 55.0 Å². The van der Waals surface area contributed by atoms with Crippen molar-refractivity contribution in [3.8, 4) is 28.5 Å². The SMILES string of the molecule is COC(=O)Nc1ccc(-n2cnc3c(C)cc(-c4nnc(C)n4-c4ccc(F)c(OC)c4)cc32)cn1. The highest BCUT2D eigenvalue weighted by atomic mass is 19.1. The molecule has 3 heterocycles. The molecule has 1 N–H and O–H groups in total. The largest absolute Gasteiger partial charge is 0.494 e. The highest BCUT2D eigenvalue weighted by molar-refractivity contribution is 5.86. The van der Waals surface area contributed by atoms with Gasteiger partial charge in [-0.15, -0.1) is 10.2 Å². The van der Waals surface area contributed by atoms with Crippen LogP contribution in [0.1, 0.15) is 11.4 Å². The summed E-state index contributed by atoms with van der Waals surface area (Å²) >= 11 is 0. The molecule has 5 rings (SSSR count). The number of methoxy groups -OCH3 is 2. The number of aromatic nitrogens is 6. The Morgan fingerprint density at radius 1 is 1.00 bits per heavy atom. The summed E-state index contributed by atoms with van der Waals surface area (Å²) < 4.78 is 27.5. The molecule has 1 amide bonds. The third-order valence-corrected chi connectivity index (χ3v) is 5.76. The molecule has 0 aliphatic heterocycles. The first-order chi connectivity index (χ1) is 17.4. The number of benzene rings is 2. The minimum Gasteiger partial charge on any atom is -0.494 e. The molecule has 0 unspecified atom stereocenters. The molecule has 0 aliphatic carbocycles. The van der Waals surface area contributed by atoms with Crippen LogP contribution in [0.25, 0.3) is 33.8 Å². The van der Waals surface area contributed by atoms with Crippen molar-refractivity contribution in [1.82, 2.24) is 29.3 Å². The molecular weight excluding hydrogens is 465 g/mol. The predicted molar refractivity (Wildman–Crippen MR) is 131 cm³/mol. The fourth-order valence-corrected chi connectivity index (χ4v) is 4.03. The number of amides is 1. The van der Waals surface area contributed by atoms with Gasteiger partial charge in [0.05, 0.1) is 42.8 Å². The van der Waals surface area contributed by atoms with Gasteiger partial charge in [0.1, 0.15) is 18.0 Å². The Morgan fingerprint density at radius 3 is 2.53 bits per heavy atom. The van der Waals surface area contributed by atoms with Gasteiger partial charge in [-0.3, -0.25) is 14.5 Å². The summed E-state index contributed by atoms with van der Waals surface area (Å²) in [5.74, 6) is 1.28. The molecule has 0 radical (unpaired) electrons. The van der Waals surface area contributed by atoms with Crippen molar-refractivity contribution in [2.24, 2.45) is 0 Å². The molecule has 0 aliphatic rings. The lowest BCUT2D eigenvalue weighted by Gasteiger charge is -2.12. The summed E-state index contributed by atoms with van der Waals surface area (Å²) in [5, 5.41) is 11.2. The van der Waals surface area contributed by atoms with Crippen LogP contribution in [-0.2, 0) is 4.74 Å². The third-order valence-electron chi connectivity index (χ3n) is 5.76. The lowest BCUT2D eigenvalue weighted by molar-refractivity contribution is 0.187. The van der Waals surface area contributed by atoms with Crippen LogP contribution in [-0.4, -0.2) is 49.6 Å². The van der Waals surface area contributed by atoms with Crippen LogP contribution in [0.4, 0.5) is 15.0 Å². The number of ether oxygens (including phenoxy) is 2. The van der Waals surface area contributed by atoms with Crippen LogP contribution < -0.4 is 10.1 Å². The Balaban J connectivity index is 1.60. The molecule has 0 atom stereocenters. The molecular formula is C25H22FN7O3. The Morgan fingerprint density at radius 2 is 1.81 bits per heavy atom. The summed E-state index contributed by atoms with van der Waals surface area (Å²) in [6.07, 6.45) is 2.75. The number of nitrogens with zero attached hydrogens (tertiary/aromatic N) is 6. The Hall–Kier alpha value is -4.80. The number of aryl methyl sites for hydroxylation is 2. The van der Waals surface area contributed by atoms with Crippen LogP contribution in [0.3, 0.4) is 0 Å². The zero-order valence-corrected chi connectivity index (χ0v) is 20.0. The molecule has 0 spiro atoms. The number of carbonyl (C=O) groups excluding carboxylic acids is 1. The van der Waals surface area contributed by atoms with E-state index in [9.17, 15) is 9.18 Å². The average molecular weight is 487 g/mol. The van der Waals surface area contributed by atoms with Gasteiger partial charge in [-0.2, -0.15) is 0 Å². The van der Waals surface area contributed by atoms with Gasteiger partial charge in [0.2, 0.25) is 0 Å². The van der Waals surface area contributed by atoms with E-state index >= 15 is 0 Å². The van der Waals surface area contributed by atoms with Gasteiger partial charge >= 0.3 is 6.09 Å². The van der Waals surface area contributed by atoms with Crippen molar-refractivity contribution in [3.05, 3.63) is 72.2 Å². The second-order valence-electron chi connectivity index (χ2n) is 8.02. The smallest absolute Gasteiger partial charge is 0.412 e. The topological polar surface area (TPSA) is 109 Å². The van der Waals surface area contributed by atoms with Crippen LogP contribution >= 0.6 is 0 Å². The van der Waals surface area contributed by atoms with Crippen LogP contribution in [0.2, 0.25) is 0 Å². The van der Waals surface area contributed by atoms with Gasteiger partial charge in [0.25, 0.3) is 0 Å². The number of fused-ring (bicyclic) bond motifs is 1. The second-order valence-corrected chi connectivity index (χ2v) is 8.02. The van der Waals surface area contributed by atoms with Crippen molar-refractivity contribution in [2.75, 3.05) is 19.5 Å². The van der Waals surface area contributed by atoms with Gasteiger partial charge in [-0.1, -0.05) is 0 Å². The summed E-state index contributed by atoms with van der Waals surface area (Å²) in [6, 6.07) is 12.1. The highest BCUT2D eigenvalue weighted by Gasteiger charge is 2.18. The number of imidazole rings is 1. The van der Waals surface area contributed by atoms with Gasteiger partial charge in [0, 0.05) is 11.6 Å². The predicted octanol–water partition coefficient (Wildman–Crippen LogP) is 4.61. The number of rotatable bonds is 5. The summed E-state index contributed by atoms with van der Waals surface area (Å²) in [6.45, 7) is 3.80. The first kappa shape index (κ1) is 23.0. The normalized spacial score (nSPS) is 11.0. The molecule has 0 bridgehead atoms. The molecule has 36 heavy (non-hydrogen) atoms. The van der Waals surface area contributed by atoms with Crippen molar-refractivity contribution in [3.63, 3.8) is 0 Å². The van der Waals surface area contributed by atoms with Crippen LogP contribution in [0, 0.1) is 19.7 Å². The number of nitrogens with one attached hydrogen (secondary N) is 1. The maximum absolute atomic E-state index is 14.0. The maximum atomic E-state index is 14.0. The molecule has 5 aromatic rings. The quantitative estimate of drug-likeness (QED) is 0.386. The zero-order chi connectivity index (χ0) is 25.4. The van der Waals surface area contributed by atoms with E-state index in [0.29, 0.717) is 23.2 Å². The van der Waals surface area contributed by atoms with Crippen molar-refractivity contribution < 1.29 is 18.7 Å². The maximum Gasteiger partial charge on any atom is 0.412 e. The highest BCUT2D eigenvalue weighted by Crippen LogP contribution is 2.31. The summed E-state index contributed by atoms with van der Waals surface area (Å²) in [7, 11) is 2.71. The fourth-order valence-electron chi connectivity index (χ4n) is 4.03. The van der Waals surface area contributed by atoms with Gasteiger partial charge in [0.15, 0.2) is 17.4 Å². The third kappa shape index (κ3) is 4.00. The first-order valence-electron chi connectivity index (χ1n) is 10.9. The number of carbonyl (C=O) groups is 1. The van der Waals surface area contributed by atoms with E-state index in [4.69, 9.17) is 4.74 Å². The van der Waals surface area contributed by atoms with E-state index in [1.54, 1.807) is 30.7 Å².